The van der Waals surface area contributed by atoms with E-state index in [2.05, 4.69) is 10.3 Å². The molecule has 0 unspecified atom stereocenters. The van der Waals surface area contributed by atoms with Gasteiger partial charge in [-0.05, 0) is 26.3 Å². The second-order valence-corrected chi connectivity index (χ2v) is 6.43. The van der Waals surface area contributed by atoms with E-state index in [9.17, 15) is 14.9 Å². The Morgan fingerprint density at radius 2 is 2.08 bits per heavy atom. The van der Waals surface area contributed by atoms with Gasteiger partial charge in [0.05, 0.1) is 22.7 Å². The van der Waals surface area contributed by atoms with Gasteiger partial charge in [-0.15, -0.1) is 11.3 Å². The first kappa shape index (κ1) is 16.1. The molecule has 3 rings (SSSR count). The topological polar surface area (TPSA) is 89.5 Å². The van der Waals surface area contributed by atoms with E-state index in [-0.39, 0.29) is 11.2 Å². The summed E-state index contributed by atoms with van der Waals surface area (Å²) in [6.07, 6.45) is 0. The van der Waals surface area contributed by atoms with E-state index in [0.29, 0.717) is 28.5 Å². The number of nitrogens with one attached hydrogen (secondary N) is 1. The predicted molar refractivity (Wildman–Crippen MR) is 94.0 cm³/mol. The summed E-state index contributed by atoms with van der Waals surface area (Å²) in [7, 11) is 0. The van der Waals surface area contributed by atoms with Crippen molar-refractivity contribution in [1.82, 2.24) is 9.38 Å². The lowest BCUT2D eigenvalue weighted by molar-refractivity contribution is -0.385. The van der Waals surface area contributed by atoms with Crippen LogP contribution in [0.1, 0.15) is 22.5 Å². The van der Waals surface area contributed by atoms with E-state index in [1.54, 1.807) is 17.4 Å². The summed E-state index contributed by atoms with van der Waals surface area (Å²) in [5.74, 6) is 0. The molecule has 1 aromatic carbocycles. The van der Waals surface area contributed by atoms with Crippen LogP contribution in [-0.2, 0) is 6.54 Å². The van der Waals surface area contributed by atoms with Crippen molar-refractivity contribution >= 4 is 27.7 Å². The zero-order valence-corrected chi connectivity index (χ0v) is 14.3. The fourth-order valence-corrected chi connectivity index (χ4v) is 3.57. The monoisotopic (exact) mass is 344 g/mol. The van der Waals surface area contributed by atoms with Crippen LogP contribution in [0.25, 0.3) is 4.96 Å². The van der Waals surface area contributed by atoms with Crippen molar-refractivity contribution in [2.75, 3.05) is 5.32 Å². The molecule has 2 aromatic heterocycles. The Bertz CT molecular complexity index is 1010. The maximum absolute atomic E-state index is 12.2. The highest BCUT2D eigenvalue weighted by molar-refractivity contribution is 7.15. The van der Waals surface area contributed by atoms with Gasteiger partial charge in [-0.2, -0.15) is 0 Å². The van der Waals surface area contributed by atoms with Gasteiger partial charge in [0.1, 0.15) is 0 Å². The minimum Gasteiger partial charge on any atom is -0.379 e. The molecule has 0 saturated carbocycles. The number of aromatic nitrogens is 2. The number of fused-ring (bicyclic) bond motifs is 1. The van der Waals surface area contributed by atoms with Gasteiger partial charge < -0.3 is 5.32 Å². The van der Waals surface area contributed by atoms with E-state index < -0.39 is 4.92 Å². The van der Waals surface area contributed by atoms with E-state index in [4.69, 9.17) is 0 Å². The van der Waals surface area contributed by atoms with Gasteiger partial charge in [0, 0.05) is 28.9 Å². The molecule has 0 fully saturated rings. The van der Waals surface area contributed by atoms with Crippen LogP contribution in [0.2, 0.25) is 0 Å². The first-order valence-electron chi connectivity index (χ1n) is 7.33. The normalized spacial score (nSPS) is 11.0. The van der Waals surface area contributed by atoms with Crippen LogP contribution in [0.4, 0.5) is 11.4 Å². The third-order valence-electron chi connectivity index (χ3n) is 3.92. The lowest BCUT2D eigenvalue weighted by Gasteiger charge is -2.12. The van der Waals surface area contributed by atoms with Crippen LogP contribution in [0.15, 0.2) is 28.4 Å². The lowest BCUT2D eigenvalue weighted by atomic mass is 10.1. The molecular formula is C16H16N4O3S. The number of nitro groups is 1. The number of aryl methyl sites for hydroxylation is 2. The molecule has 124 valence electrons. The Morgan fingerprint density at radius 3 is 2.79 bits per heavy atom. The molecule has 0 radical (unpaired) electrons. The van der Waals surface area contributed by atoms with Gasteiger partial charge in [-0.1, -0.05) is 6.07 Å². The van der Waals surface area contributed by atoms with Crippen LogP contribution in [0.3, 0.4) is 0 Å². The molecule has 0 amide bonds. The Hall–Kier alpha value is -2.74. The first-order chi connectivity index (χ1) is 11.4. The number of hydrogen-bond donors (Lipinski definition) is 1. The number of benzene rings is 1. The summed E-state index contributed by atoms with van der Waals surface area (Å²) in [5.41, 5.74) is 3.59. The second kappa shape index (κ2) is 6.04. The molecule has 2 heterocycles. The van der Waals surface area contributed by atoms with E-state index in [1.807, 2.05) is 19.2 Å². The Labute approximate surface area is 141 Å². The standard InChI is InChI=1S/C16H16N4O3S/c1-9-4-5-13(20(22)23)11(3)15(9)17-7-12-6-14(21)19-10(2)8-24-16(19)18-12/h4-6,8,17H,7H2,1-3H3. The quantitative estimate of drug-likeness (QED) is 0.580. The molecule has 3 aromatic rings. The van der Waals surface area contributed by atoms with Gasteiger partial charge in [-0.25, -0.2) is 4.98 Å². The maximum Gasteiger partial charge on any atom is 0.274 e. The molecule has 0 aliphatic heterocycles. The molecular weight excluding hydrogens is 328 g/mol. The summed E-state index contributed by atoms with van der Waals surface area (Å²) in [5, 5.41) is 16.1. The zero-order valence-electron chi connectivity index (χ0n) is 13.5. The van der Waals surface area contributed by atoms with Crippen molar-refractivity contribution in [3.05, 3.63) is 66.6 Å². The SMILES string of the molecule is Cc1ccc([N+](=O)[O-])c(C)c1NCc1cc(=O)n2c(C)csc2n1. The molecule has 1 N–H and O–H groups in total. The molecule has 0 aliphatic carbocycles. The van der Waals surface area contributed by atoms with Crippen LogP contribution >= 0.6 is 11.3 Å². The summed E-state index contributed by atoms with van der Waals surface area (Å²) in [4.78, 5) is 28.0. The third-order valence-corrected chi connectivity index (χ3v) is 4.86. The minimum atomic E-state index is -0.398. The molecule has 24 heavy (non-hydrogen) atoms. The molecule has 0 saturated heterocycles. The van der Waals surface area contributed by atoms with Gasteiger partial charge in [-0.3, -0.25) is 19.3 Å². The Morgan fingerprint density at radius 1 is 1.33 bits per heavy atom. The van der Waals surface area contributed by atoms with Gasteiger partial charge in [0.2, 0.25) is 0 Å². The fraction of sp³-hybridized carbons (Fsp3) is 0.250. The summed E-state index contributed by atoms with van der Waals surface area (Å²) in [6, 6.07) is 4.70. The van der Waals surface area contributed by atoms with Gasteiger partial charge >= 0.3 is 0 Å². The average Bonchev–Trinajstić information content (AvgIpc) is 2.88. The number of rotatable bonds is 4. The zero-order chi connectivity index (χ0) is 17.4. The molecule has 0 atom stereocenters. The summed E-state index contributed by atoms with van der Waals surface area (Å²) >= 11 is 1.41. The third kappa shape index (κ3) is 2.76. The van der Waals surface area contributed by atoms with Crippen molar-refractivity contribution in [2.45, 2.75) is 27.3 Å². The average molecular weight is 344 g/mol. The van der Waals surface area contributed by atoms with Crippen molar-refractivity contribution in [1.29, 1.82) is 0 Å². The number of nitro benzene ring substituents is 1. The molecule has 0 spiro atoms. The number of hydrogen-bond acceptors (Lipinski definition) is 6. The lowest BCUT2D eigenvalue weighted by Crippen LogP contribution is -2.16. The smallest absolute Gasteiger partial charge is 0.274 e. The van der Waals surface area contributed by atoms with E-state index in [1.165, 1.54) is 23.5 Å². The molecule has 0 aliphatic rings. The first-order valence-corrected chi connectivity index (χ1v) is 8.21. The number of anilines is 1. The Balaban J connectivity index is 1.93. The van der Waals surface area contributed by atoms with Crippen LogP contribution in [-0.4, -0.2) is 14.3 Å². The molecule has 8 heteroatoms. The van der Waals surface area contributed by atoms with Crippen molar-refractivity contribution < 1.29 is 4.92 Å². The van der Waals surface area contributed by atoms with Crippen LogP contribution in [0, 0.1) is 30.9 Å². The largest absolute Gasteiger partial charge is 0.379 e. The van der Waals surface area contributed by atoms with E-state index in [0.717, 1.165) is 11.3 Å². The highest BCUT2D eigenvalue weighted by Gasteiger charge is 2.16. The van der Waals surface area contributed by atoms with Gasteiger partial charge in [0.25, 0.3) is 11.2 Å². The van der Waals surface area contributed by atoms with Crippen molar-refractivity contribution in [3.8, 4) is 0 Å². The summed E-state index contributed by atoms with van der Waals surface area (Å²) < 4.78 is 1.57. The summed E-state index contributed by atoms with van der Waals surface area (Å²) in [6.45, 7) is 5.78. The fourth-order valence-electron chi connectivity index (χ4n) is 2.68. The van der Waals surface area contributed by atoms with Crippen LogP contribution < -0.4 is 10.9 Å². The second-order valence-electron chi connectivity index (χ2n) is 5.59. The molecule has 0 bridgehead atoms. The minimum absolute atomic E-state index is 0.0699. The van der Waals surface area contributed by atoms with Crippen molar-refractivity contribution in [2.24, 2.45) is 0 Å². The van der Waals surface area contributed by atoms with Crippen LogP contribution in [0.5, 0.6) is 0 Å². The Kier molecular flexibility index (Phi) is 4.06. The number of nitrogens with zero attached hydrogens (tertiary/aromatic N) is 3. The van der Waals surface area contributed by atoms with Crippen molar-refractivity contribution in [3.63, 3.8) is 0 Å². The highest BCUT2D eigenvalue weighted by Crippen LogP contribution is 2.29. The predicted octanol–water partition coefficient (Wildman–Crippen LogP) is 3.20. The maximum atomic E-state index is 12.2. The molecule has 7 nitrogen and oxygen atoms in total. The van der Waals surface area contributed by atoms with E-state index >= 15 is 0 Å². The van der Waals surface area contributed by atoms with Gasteiger partial charge in [0.15, 0.2) is 4.96 Å². The highest BCUT2D eigenvalue weighted by atomic mass is 32.1. The number of thiazole rings is 1.